The summed E-state index contributed by atoms with van der Waals surface area (Å²) in [6.45, 7) is 4.59. The molecular weight excluding hydrogens is 336 g/mol. The summed E-state index contributed by atoms with van der Waals surface area (Å²) in [6.07, 6.45) is 1.72. The van der Waals surface area contributed by atoms with Gasteiger partial charge in [0.2, 0.25) is 5.91 Å². The average Bonchev–Trinajstić information content (AvgIpc) is 3.03. The van der Waals surface area contributed by atoms with Crippen LogP contribution in [0.1, 0.15) is 18.1 Å². The Balaban J connectivity index is 1.48. The number of nitrogens with zero attached hydrogens (tertiary/aromatic N) is 1. The highest BCUT2D eigenvalue weighted by Gasteiger charge is 2.27. The molecule has 0 spiro atoms. The third kappa shape index (κ3) is 3.19. The molecule has 1 amide bonds. The number of rotatable bonds is 3. The van der Waals surface area contributed by atoms with E-state index in [4.69, 9.17) is 16.3 Å². The number of hydrogen-bond donors (Lipinski definition) is 1. The number of carbonyl (C=O) groups is 1. The van der Waals surface area contributed by atoms with Crippen LogP contribution in [0.15, 0.2) is 36.4 Å². The Kier molecular flexibility index (Phi) is 4.30. The predicted molar refractivity (Wildman–Crippen MR) is 101 cm³/mol. The van der Waals surface area contributed by atoms with Gasteiger partial charge in [-0.05, 0) is 61.2 Å². The molecule has 25 heavy (non-hydrogen) atoms. The molecule has 0 fully saturated rings. The molecule has 0 radical (unpaired) electrons. The Morgan fingerprint density at radius 1 is 1.28 bits per heavy atom. The molecule has 1 N–H and O–H groups in total. The maximum Gasteiger partial charge on any atom is 0.231 e. The highest BCUT2D eigenvalue weighted by atomic mass is 35.5. The molecule has 0 saturated carbocycles. The van der Waals surface area contributed by atoms with E-state index in [2.05, 4.69) is 29.3 Å². The molecule has 0 saturated heterocycles. The van der Waals surface area contributed by atoms with Gasteiger partial charge in [-0.15, -0.1) is 0 Å². The maximum atomic E-state index is 12.7. The molecule has 2 aliphatic heterocycles. The predicted octanol–water partition coefficient (Wildman–Crippen LogP) is 3.91. The Morgan fingerprint density at radius 2 is 2.16 bits per heavy atom. The first-order valence-electron chi connectivity index (χ1n) is 8.74. The van der Waals surface area contributed by atoms with Gasteiger partial charge < -0.3 is 15.0 Å². The van der Waals surface area contributed by atoms with Crippen molar-refractivity contribution in [1.82, 2.24) is 0 Å². The molecule has 1 atom stereocenters. The third-order valence-corrected chi connectivity index (χ3v) is 5.26. The van der Waals surface area contributed by atoms with Gasteiger partial charge in [-0.3, -0.25) is 4.79 Å². The molecular formula is C20H21ClN2O2. The summed E-state index contributed by atoms with van der Waals surface area (Å²) in [7, 11) is 0. The van der Waals surface area contributed by atoms with Gasteiger partial charge in [0.1, 0.15) is 12.4 Å². The fourth-order valence-corrected chi connectivity index (χ4v) is 3.82. The van der Waals surface area contributed by atoms with Crippen LogP contribution in [0.5, 0.6) is 5.75 Å². The van der Waals surface area contributed by atoms with Gasteiger partial charge in [-0.2, -0.15) is 0 Å². The fourth-order valence-electron chi connectivity index (χ4n) is 3.63. The molecule has 2 aromatic carbocycles. The van der Waals surface area contributed by atoms with Crippen molar-refractivity contribution in [2.24, 2.45) is 5.92 Å². The number of halogens is 1. The average molecular weight is 357 g/mol. The van der Waals surface area contributed by atoms with Crippen LogP contribution in [0.3, 0.4) is 0 Å². The lowest BCUT2D eigenvalue weighted by Crippen LogP contribution is -2.32. The van der Waals surface area contributed by atoms with Crippen LogP contribution in [0.25, 0.3) is 0 Å². The first kappa shape index (κ1) is 16.3. The monoisotopic (exact) mass is 356 g/mol. The van der Waals surface area contributed by atoms with E-state index in [1.54, 1.807) is 0 Å². The van der Waals surface area contributed by atoms with E-state index in [9.17, 15) is 4.79 Å². The number of nitrogens with one attached hydrogen (secondary N) is 1. The second kappa shape index (κ2) is 6.60. The number of ether oxygens (including phenoxy) is 1. The molecule has 4 nitrogen and oxygen atoms in total. The summed E-state index contributed by atoms with van der Waals surface area (Å²) in [5.41, 5.74) is 4.42. The minimum atomic E-state index is -0.207. The van der Waals surface area contributed by atoms with Gasteiger partial charge >= 0.3 is 0 Å². The Morgan fingerprint density at radius 3 is 3.00 bits per heavy atom. The molecule has 0 aliphatic carbocycles. The van der Waals surface area contributed by atoms with Crippen LogP contribution in [-0.2, 0) is 17.6 Å². The zero-order chi connectivity index (χ0) is 17.4. The largest absolute Gasteiger partial charge is 0.492 e. The van der Waals surface area contributed by atoms with Crippen molar-refractivity contribution in [1.29, 1.82) is 0 Å². The van der Waals surface area contributed by atoms with Gasteiger partial charge in [0.05, 0.1) is 5.92 Å². The number of amides is 1. The summed E-state index contributed by atoms with van der Waals surface area (Å²) in [5.74, 6) is 0.609. The van der Waals surface area contributed by atoms with E-state index < -0.39 is 0 Å². The highest BCUT2D eigenvalue weighted by molar-refractivity contribution is 6.30. The van der Waals surface area contributed by atoms with Crippen LogP contribution < -0.4 is 15.0 Å². The Hall–Kier alpha value is -2.20. The minimum Gasteiger partial charge on any atom is -0.492 e. The Bertz CT molecular complexity index is 821. The van der Waals surface area contributed by atoms with Gasteiger partial charge in [0.15, 0.2) is 0 Å². The van der Waals surface area contributed by atoms with E-state index in [0.717, 1.165) is 36.5 Å². The summed E-state index contributed by atoms with van der Waals surface area (Å²) < 4.78 is 5.73. The van der Waals surface area contributed by atoms with Gasteiger partial charge in [-0.1, -0.05) is 17.7 Å². The van der Waals surface area contributed by atoms with Crippen molar-refractivity contribution < 1.29 is 9.53 Å². The first-order valence-corrected chi connectivity index (χ1v) is 9.12. The summed E-state index contributed by atoms with van der Waals surface area (Å²) in [5, 5.41) is 3.72. The quantitative estimate of drug-likeness (QED) is 0.906. The number of hydrogen-bond acceptors (Lipinski definition) is 3. The molecule has 0 aromatic heterocycles. The smallest absolute Gasteiger partial charge is 0.231 e. The molecule has 2 heterocycles. The van der Waals surface area contributed by atoms with E-state index in [1.807, 2.05) is 24.3 Å². The molecule has 130 valence electrons. The molecule has 0 bridgehead atoms. The van der Waals surface area contributed by atoms with Crippen molar-refractivity contribution in [2.75, 3.05) is 29.9 Å². The summed E-state index contributed by atoms with van der Waals surface area (Å²) in [6, 6.07) is 11.7. The normalized spacial score (nSPS) is 18.3. The number of benzene rings is 2. The van der Waals surface area contributed by atoms with Gasteiger partial charge in [-0.25, -0.2) is 0 Å². The molecule has 1 unspecified atom stereocenters. The maximum absolute atomic E-state index is 12.7. The second-order valence-corrected chi connectivity index (χ2v) is 7.06. The number of carbonyl (C=O) groups excluding carboxylic acids is 1. The van der Waals surface area contributed by atoms with E-state index >= 15 is 0 Å². The number of anilines is 2. The zero-order valence-corrected chi connectivity index (χ0v) is 15.0. The summed E-state index contributed by atoms with van der Waals surface area (Å²) in [4.78, 5) is 15.0. The molecule has 2 aliphatic rings. The molecule has 5 heteroatoms. The van der Waals surface area contributed by atoms with Crippen molar-refractivity contribution in [3.05, 3.63) is 52.5 Å². The SMILES string of the molecule is CCN1CCc2ccc(NC(=O)C3COc4ccc(Cl)cc4C3)cc21. The van der Waals surface area contributed by atoms with E-state index in [1.165, 1.54) is 11.3 Å². The summed E-state index contributed by atoms with van der Waals surface area (Å²) >= 11 is 6.05. The Labute approximate surface area is 152 Å². The zero-order valence-electron chi connectivity index (χ0n) is 14.2. The first-order chi connectivity index (χ1) is 12.1. The van der Waals surface area contributed by atoms with Crippen molar-refractivity contribution >= 4 is 28.9 Å². The van der Waals surface area contributed by atoms with Crippen LogP contribution in [0, 0.1) is 5.92 Å². The number of likely N-dealkylation sites (N-methyl/N-ethyl adjacent to an activating group) is 1. The highest BCUT2D eigenvalue weighted by Crippen LogP contribution is 2.32. The van der Waals surface area contributed by atoms with Crippen LogP contribution in [-0.4, -0.2) is 25.6 Å². The standard InChI is InChI=1S/C20H21ClN2O2/c1-2-23-8-7-13-3-5-17(11-18(13)23)22-20(24)15-9-14-10-16(21)4-6-19(14)25-12-15/h3-6,10-11,15H,2,7-9,12H2,1H3,(H,22,24). The van der Waals surface area contributed by atoms with Gasteiger partial charge in [0.25, 0.3) is 0 Å². The fraction of sp³-hybridized carbons (Fsp3) is 0.350. The topological polar surface area (TPSA) is 41.6 Å². The molecule has 2 aromatic rings. The lowest BCUT2D eigenvalue weighted by Gasteiger charge is -2.25. The lowest BCUT2D eigenvalue weighted by molar-refractivity contribution is -0.121. The van der Waals surface area contributed by atoms with Crippen molar-refractivity contribution in [3.63, 3.8) is 0 Å². The minimum absolute atomic E-state index is 0.00776. The van der Waals surface area contributed by atoms with E-state index in [-0.39, 0.29) is 11.8 Å². The van der Waals surface area contributed by atoms with Crippen LogP contribution in [0.2, 0.25) is 5.02 Å². The number of fused-ring (bicyclic) bond motifs is 2. The third-order valence-electron chi connectivity index (χ3n) is 5.03. The van der Waals surface area contributed by atoms with Crippen molar-refractivity contribution in [3.8, 4) is 5.75 Å². The second-order valence-electron chi connectivity index (χ2n) is 6.63. The molecule has 4 rings (SSSR count). The van der Waals surface area contributed by atoms with Crippen LogP contribution >= 0.6 is 11.6 Å². The lowest BCUT2D eigenvalue weighted by atomic mass is 9.96. The van der Waals surface area contributed by atoms with Crippen molar-refractivity contribution in [2.45, 2.75) is 19.8 Å². The van der Waals surface area contributed by atoms with E-state index in [0.29, 0.717) is 18.1 Å². The van der Waals surface area contributed by atoms with Gasteiger partial charge in [0, 0.05) is 29.5 Å². The van der Waals surface area contributed by atoms with Crippen LogP contribution in [0.4, 0.5) is 11.4 Å².